The summed E-state index contributed by atoms with van der Waals surface area (Å²) in [6.45, 7) is 1.28. The van der Waals surface area contributed by atoms with Gasteiger partial charge in [0.15, 0.2) is 0 Å². The number of aromatic nitrogens is 2. The molecule has 0 radical (unpaired) electrons. The second kappa shape index (κ2) is 5.91. The molecule has 0 unspecified atom stereocenters. The molecule has 0 aromatic carbocycles. The van der Waals surface area contributed by atoms with Crippen LogP contribution in [-0.2, 0) is 4.79 Å². The molecule has 0 N–H and O–H groups in total. The summed E-state index contributed by atoms with van der Waals surface area (Å²) in [6, 6.07) is 0.0971. The third kappa shape index (κ3) is 3.04. The summed E-state index contributed by atoms with van der Waals surface area (Å²) in [5.74, 6) is 0.176. The van der Waals surface area contributed by atoms with Gasteiger partial charge in [-0.25, -0.2) is 0 Å². The number of hydrogen-bond donors (Lipinski definition) is 0. The van der Waals surface area contributed by atoms with Crippen molar-refractivity contribution in [2.75, 3.05) is 27.2 Å². The summed E-state index contributed by atoms with van der Waals surface area (Å²) in [7, 11) is 3.83. The van der Waals surface area contributed by atoms with E-state index in [4.69, 9.17) is 0 Å². The van der Waals surface area contributed by atoms with E-state index in [1.807, 2.05) is 23.9 Å². The smallest absolute Gasteiger partial charge is 0.237 e. The number of piperidine rings is 1. The van der Waals surface area contributed by atoms with Gasteiger partial charge < -0.3 is 9.80 Å². The molecular weight excluding hydrogens is 228 g/mol. The average Bonchev–Trinajstić information content (AvgIpc) is 2.39. The SMILES string of the molecule is CN(C)CC(=O)N1CCCC[C@H]1c1cnccn1. The summed E-state index contributed by atoms with van der Waals surface area (Å²) in [4.78, 5) is 24.5. The summed E-state index contributed by atoms with van der Waals surface area (Å²) in [5.41, 5.74) is 0.907. The molecular formula is C13H20N4O. The molecule has 0 bridgehead atoms. The van der Waals surface area contributed by atoms with Gasteiger partial charge in [0.05, 0.1) is 24.5 Å². The van der Waals surface area contributed by atoms with Crippen molar-refractivity contribution in [3.63, 3.8) is 0 Å². The van der Waals surface area contributed by atoms with Crippen molar-refractivity contribution in [2.45, 2.75) is 25.3 Å². The van der Waals surface area contributed by atoms with Gasteiger partial charge in [-0.3, -0.25) is 14.8 Å². The number of nitrogens with zero attached hydrogens (tertiary/aromatic N) is 4. The van der Waals surface area contributed by atoms with E-state index in [1.165, 1.54) is 0 Å². The van der Waals surface area contributed by atoms with Gasteiger partial charge in [0.2, 0.25) is 5.91 Å². The van der Waals surface area contributed by atoms with Gasteiger partial charge in [-0.2, -0.15) is 0 Å². The minimum absolute atomic E-state index is 0.0971. The molecule has 1 aromatic rings. The molecule has 1 saturated heterocycles. The normalized spacial score (nSPS) is 20.2. The molecule has 0 saturated carbocycles. The topological polar surface area (TPSA) is 49.3 Å². The first-order valence-electron chi connectivity index (χ1n) is 6.38. The van der Waals surface area contributed by atoms with Crippen molar-refractivity contribution in [1.29, 1.82) is 0 Å². The Morgan fingerprint density at radius 1 is 1.44 bits per heavy atom. The number of amides is 1. The maximum Gasteiger partial charge on any atom is 0.237 e. The van der Waals surface area contributed by atoms with Crippen molar-refractivity contribution in [1.82, 2.24) is 19.8 Å². The Kier molecular flexibility index (Phi) is 4.25. The molecule has 1 aliphatic heterocycles. The predicted molar refractivity (Wildman–Crippen MR) is 68.9 cm³/mol. The van der Waals surface area contributed by atoms with Crippen LogP contribution in [0.3, 0.4) is 0 Å². The highest BCUT2D eigenvalue weighted by atomic mass is 16.2. The zero-order valence-electron chi connectivity index (χ0n) is 11.0. The van der Waals surface area contributed by atoms with Crippen LogP contribution in [0.1, 0.15) is 31.0 Å². The molecule has 1 amide bonds. The third-order valence-electron chi connectivity index (χ3n) is 3.20. The van der Waals surface area contributed by atoms with E-state index in [0.717, 1.165) is 31.5 Å². The Morgan fingerprint density at radius 3 is 2.94 bits per heavy atom. The zero-order chi connectivity index (χ0) is 13.0. The van der Waals surface area contributed by atoms with Crippen LogP contribution in [0.4, 0.5) is 0 Å². The fourth-order valence-electron chi connectivity index (χ4n) is 2.38. The highest BCUT2D eigenvalue weighted by Gasteiger charge is 2.28. The van der Waals surface area contributed by atoms with E-state index in [1.54, 1.807) is 18.6 Å². The lowest BCUT2D eigenvalue weighted by molar-refractivity contribution is -0.135. The van der Waals surface area contributed by atoms with Gasteiger partial charge in [0.1, 0.15) is 0 Å². The molecule has 5 heteroatoms. The minimum Gasteiger partial charge on any atom is -0.333 e. The van der Waals surface area contributed by atoms with E-state index in [9.17, 15) is 4.79 Å². The first-order valence-corrected chi connectivity index (χ1v) is 6.38. The minimum atomic E-state index is 0.0971. The van der Waals surface area contributed by atoms with Crippen LogP contribution in [-0.4, -0.2) is 52.9 Å². The van der Waals surface area contributed by atoms with Gasteiger partial charge in [0, 0.05) is 18.9 Å². The molecule has 0 aliphatic carbocycles. The number of hydrogen-bond acceptors (Lipinski definition) is 4. The average molecular weight is 248 g/mol. The largest absolute Gasteiger partial charge is 0.333 e. The van der Waals surface area contributed by atoms with Crippen molar-refractivity contribution in [3.05, 3.63) is 24.3 Å². The lowest BCUT2D eigenvalue weighted by atomic mass is 9.99. The second-order valence-electron chi connectivity index (χ2n) is 4.97. The van der Waals surface area contributed by atoms with Crippen molar-refractivity contribution in [3.8, 4) is 0 Å². The monoisotopic (exact) mass is 248 g/mol. The predicted octanol–water partition coefficient (Wildman–Crippen LogP) is 1.09. The van der Waals surface area contributed by atoms with Gasteiger partial charge in [-0.1, -0.05) is 0 Å². The first-order chi connectivity index (χ1) is 8.68. The summed E-state index contributed by atoms with van der Waals surface area (Å²) < 4.78 is 0. The highest BCUT2D eigenvalue weighted by Crippen LogP contribution is 2.29. The van der Waals surface area contributed by atoms with Gasteiger partial charge >= 0.3 is 0 Å². The van der Waals surface area contributed by atoms with Crippen LogP contribution in [0, 0.1) is 0 Å². The van der Waals surface area contributed by atoms with Crippen molar-refractivity contribution >= 4 is 5.91 Å². The molecule has 18 heavy (non-hydrogen) atoms. The lowest BCUT2D eigenvalue weighted by Gasteiger charge is -2.35. The molecule has 2 heterocycles. The fourth-order valence-corrected chi connectivity index (χ4v) is 2.38. The highest BCUT2D eigenvalue weighted by molar-refractivity contribution is 5.78. The van der Waals surface area contributed by atoms with Crippen LogP contribution < -0.4 is 0 Å². The Bertz CT molecular complexity index is 393. The van der Waals surface area contributed by atoms with E-state index in [2.05, 4.69) is 9.97 Å². The van der Waals surface area contributed by atoms with Crippen LogP contribution in [0.2, 0.25) is 0 Å². The van der Waals surface area contributed by atoms with Crippen LogP contribution >= 0.6 is 0 Å². The summed E-state index contributed by atoms with van der Waals surface area (Å²) in [5, 5.41) is 0. The van der Waals surface area contributed by atoms with Gasteiger partial charge in [-0.05, 0) is 33.4 Å². The van der Waals surface area contributed by atoms with E-state index >= 15 is 0 Å². The van der Waals surface area contributed by atoms with Gasteiger partial charge in [-0.15, -0.1) is 0 Å². The number of rotatable bonds is 3. The van der Waals surface area contributed by atoms with Gasteiger partial charge in [0.25, 0.3) is 0 Å². The first kappa shape index (κ1) is 13.0. The van der Waals surface area contributed by atoms with E-state index < -0.39 is 0 Å². The van der Waals surface area contributed by atoms with E-state index in [-0.39, 0.29) is 11.9 Å². The number of likely N-dealkylation sites (N-methyl/N-ethyl adjacent to an activating group) is 1. The zero-order valence-corrected chi connectivity index (χ0v) is 11.0. The number of carbonyl (C=O) groups excluding carboxylic acids is 1. The quantitative estimate of drug-likeness (QED) is 0.803. The molecule has 2 rings (SSSR count). The summed E-state index contributed by atoms with van der Waals surface area (Å²) >= 11 is 0. The number of carbonyl (C=O) groups is 1. The molecule has 1 aliphatic rings. The fraction of sp³-hybridized carbons (Fsp3) is 0.615. The van der Waals surface area contributed by atoms with Crippen LogP contribution in [0.5, 0.6) is 0 Å². The van der Waals surface area contributed by atoms with Crippen LogP contribution in [0.25, 0.3) is 0 Å². The second-order valence-corrected chi connectivity index (χ2v) is 4.97. The van der Waals surface area contributed by atoms with Crippen molar-refractivity contribution in [2.24, 2.45) is 0 Å². The Labute approximate surface area is 108 Å². The maximum atomic E-state index is 12.2. The standard InChI is InChI=1S/C13H20N4O/c1-16(2)10-13(18)17-8-4-3-5-12(17)11-9-14-6-7-15-11/h6-7,9,12H,3-5,8,10H2,1-2H3/t12-/m0/s1. The third-order valence-corrected chi connectivity index (χ3v) is 3.20. The van der Waals surface area contributed by atoms with E-state index in [0.29, 0.717) is 6.54 Å². The Balaban J connectivity index is 2.13. The summed E-state index contributed by atoms with van der Waals surface area (Å²) in [6.07, 6.45) is 8.34. The molecule has 0 spiro atoms. The molecule has 5 nitrogen and oxygen atoms in total. The molecule has 98 valence electrons. The lowest BCUT2D eigenvalue weighted by Crippen LogP contribution is -2.43. The maximum absolute atomic E-state index is 12.2. The Hall–Kier alpha value is -1.49. The van der Waals surface area contributed by atoms with Crippen LogP contribution in [0.15, 0.2) is 18.6 Å². The number of likely N-dealkylation sites (tertiary alicyclic amines) is 1. The molecule has 1 atom stereocenters. The van der Waals surface area contributed by atoms with Crippen molar-refractivity contribution < 1.29 is 4.79 Å². The molecule has 1 fully saturated rings. The molecule has 1 aromatic heterocycles. The Morgan fingerprint density at radius 2 is 2.28 bits per heavy atom.